The Morgan fingerprint density at radius 1 is 1.19 bits per heavy atom. The van der Waals surface area contributed by atoms with Crippen LogP contribution in [0.1, 0.15) is 24.2 Å². The van der Waals surface area contributed by atoms with Crippen molar-refractivity contribution >= 4 is 26.9 Å². The quantitative estimate of drug-likeness (QED) is 0.738. The molecule has 0 unspecified atom stereocenters. The third kappa shape index (κ3) is 3.61. The molecule has 2 aromatic carbocycles. The van der Waals surface area contributed by atoms with Gasteiger partial charge in [0.25, 0.3) is 0 Å². The number of benzene rings is 2. The van der Waals surface area contributed by atoms with Gasteiger partial charge in [0.05, 0.1) is 17.4 Å². The van der Waals surface area contributed by atoms with Crippen molar-refractivity contribution in [1.29, 1.82) is 0 Å². The Morgan fingerprint density at radius 3 is 2.50 bits per heavy atom. The number of carbonyl (C=O) groups excluding carboxylic acids is 1. The van der Waals surface area contributed by atoms with Gasteiger partial charge in [-0.1, -0.05) is 29.4 Å². The lowest BCUT2D eigenvalue weighted by Gasteiger charge is -2.25. The largest absolute Gasteiger partial charge is 0.356 e. The average Bonchev–Trinajstić information content (AvgIpc) is 3.03. The van der Waals surface area contributed by atoms with Crippen LogP contribution in [0.2, 0.25) is 0 Å². The van der Waals surface area contributed by atoms with Crippen LogP contribution in [0.3, 0.4) is 0 Å². The Hall–Kier alpha value is -2.71. The number of hydrogen-bond donors (Lipinski definition) is 1. The van der Waals surface area contributed by atoms with Crippen molar-refractivity contribution in [3.8, 4) is 0 Å². The number of fused-ring (bicyclic) bond motifs is 1. The smallest absolute Gasteiger partial charge is 0.238 e. The summed E-state index contributed by atoms with van der Waals surface area (Å²) in [5, 5.41) is 9.91. The number of sulfonamides is 1. The highest BCUT2D eigenvalue weighted by atomic mass is 32.2. The molecule has 1 atom stereocenters. The fraction of sp³-hybridized carbons (Fsp3) is 0.222. The molecule has 0 saturated heterocycles. The second-order valence-electron chi connectivity index (χ2n) is 6.10. The van der Waals surface area contributed by atoms with Gasteiger partial charge in [0.2, 0.25) is 15.9 Å². The summed E-state index contributed by atoms with van der Waals surface area (Å²) in [6.07, 6.45) is 0.118. The van der Waals surface area contributed by atoms with Crippen molar-refractivity contribution in [3.63, 3.8) is 0 Å². The number of nitrogens with two attached hydrogens (primary N) is 1. The topological polar surface area (TPSA) is 106 Å². The molecule has 136 valence electrons. The number of aromatic nitrogens is 1. The van der Waals surface area contributed by atoms with Crippen LogP contribution in [0.4, 0.5) is 0 Å². The Bertz CT molecular complexity index is 1040. The lowest BCUT2D eigenvalue weighted by Crippen LogP contribution is -2.31. The molecule has 1 amide bonds. The van der Waals surface area contributed by atoms with E-state index in [-0.39, 0.29) is 23.3 Å². The molecule has 3 rings (SSSR count). The summed E-state index contributed by atoms with van der Waals surface area (Å²) in [5.74, 6) is -0.118. The predicted molar refractivity (Wildman–Crippen MR) is 96.7 cm³/mol. The molecular weight excluding hydrogens is 354 g/mol. The van der Waals surface area contributed by atoms with Gasteiger partial charge in [0, 0.05) is 12.4 Å². The van der Waals surface area contributed by atoms with E-state index in [1.54, 1.807) is 30.1 Å². The Balaban J connectivity index is 1.75. The first-order valence-corrected chi connectivity index (χ1v) is 9.53. The standard InChI is InChI=1S/C18H19N3O4S/c1-12(13-7-9-14(10-8-13)26(19,23)24)21(2)18(22)11-16-15-5-3-4-6-17(15)25-20-16/h3-10,12H,11H2,1-2H3,(H2,19,23,24)/t12-/m1/s1. The van der Waals surface area contributed by atoms with Crippen molar-refractivity contribution in [2.45, 2.75) is 24.3 Å². The third-order valence-electron chi connectivity index (χ3n) is 4.44. The summed E-state index contributed by atoms with van der Waals surface area (Å²) in [6.45, 7) is 1.87. The lowest BCUT2D eigenvalue weighted by molar-refractivity contribution is -0.131. The normalized spacial score (nSPS) is 12.9. The molecule has 0 bridgehead atoms. The van der Waals surface area contributed by atoms with Crippen molar-refractivity contribution in [3.05, 3.63) is 59.8 Å². The van der Waals surface area contributed by atoms with E-state index in [0.717, 1.165) is 10.9 Å². The van der Waals surface area contributed by atoms with Crippen LogP contribution in [0.25, 0.3) is 11.0 Å². The molecule has 0 aliphatic heterocycles. The lowest BCUT2D eigenvalue weighted by atomic mass is 10.1. The maximum absolute atomic E-state index is 12.6. The minimum absolute atomic E-state index is 0.0384. The summed E-state index contributed by atoms with van der Waals surface area (Å²) < 4.78 is 27.9. The van der Waals surface area contributed by atoms with E-state index in [4.69, 9.17) is 9.66 Å². The van der Waals surface area contributed by atoms with Crippen molar-refractivity contribution in [1.82, 2.24) is 10.1 Å². The SMILES string of the molecule is C[C@H](c1ccc(S(N)(=O)=O)cc1)N(C)C(=O)Cc1noc2ccccc12. The Morgan fingerprint density at radius 2 is 1.85 bits per heavy atom. The number of nitrogens with zero attached hydrogens (tertiary/aromatic N) is 2. The summed E-state index contributed by atoms with van der Waals surface area (Å²) >= 11 is 0. The third-order valence-corrected chi connectivity index (χ3v) is 5.37. The first-order chi connectivity index (χ1) is 12.3. The predicted octanol–water partition coefficient (Wildman–Crippen LogP) is 2.24. The van der Waals surface area contributed by atoms with Crippen molar-refractivity contribution in [2.75, 3.05) is 7.05 Å². The molecule has 0 fully saturated rings. The minimum Gasteiger partial charge on any atom is -0.356 e. The van der Waals surface area contributed by atoms with Crippen molar-refractivity contribution in [2.24, 2.45) is 5.14 Å². The molecule has 0 spiro atoms. The Kier molecular flexibility index (Phi) is 4.80. The molecule has 3 aromatic rings. The van der Waals surface area contributed by atoms with Gasteiger partial charge >= 0.3 is 0 Å². The van der Waals surface area contributed by atoms with Crippen LogP contribution in [0.15, 0.2) is 57.9 Å². The fourth-order valence-electron chi connectivity index (χ4n) is 2.71. The van der Waals surface area contributed by atoms with Crippen LogP contribution in [0, 0.1) is 0 Å². The number of para-hydroxylation sites is 1. The zero-order chi connectivity index (χ0) is 18.9. The van der Waals surface area contributed by atoms with Crippen LogP contribution >= 0.6 is 0 Å². The number of likely N-dealkylation sites (N-methyl/N-ethyl adjacent to an activating group) is 1. The van der Waals surface area contributed by atoms with E-state index >= 15 is 0 Å². The van der Waals surface area contributed by atoms with Crippen LogP contribution < -0.4 is 5.14 Å². The molecule has 0 saturated carbocycles. The number of hydrogen-bond acceptors (Lipinski definition) is 5. The highest BCUT2D eigenvalue weighted by Crippen LogP contribution is 2.23. The molecule has 7 nitrogen and oxygen atoms in total. The van der Waals surface area contributed by atoms with Gasteiger partial charge in [-0.25, -0.2) is 13.6 Å². The maximum Gasteiger partial charge on any atom is 0.238 e. The second-order valence-corrected chi connectivity index (χ2v) is 7.66. The summed E-state index contributed by atoms with van der Waals surface area (Å²) in [5.41, 5.74) is 2.04. The average molecular weight is 373 g/mol. The Labute approximate surface area is 151 Å². The molecule has 0 aliphatic carbocycles. The van der Waals surface area contributed by atoms with E-state index in [0.29, 0.717) is 11.3 Å². The molecule has 26 heavy (non-hydrogen) atoms. The van der Waals surface area contributed by atoms with Gasteiger partial charge in [-0.05, 0) is 36.8 Å². The van der Waals surface area contributed by atoms with E-state index < -0.39 is 10.0 Å². The van der Waals surface area contributed by atoms with Crippen LogP contribution in [0.5, 0.6) is 0 Å². The zero-order valence-corrected chi connectivity index (χ0v) is 15.2. The summed E-state index contributed by atoms with van der Waals surface area (Å²) in [7, 11) is -2.04. The number of primary sulfonamides is 1. The van der Waals surface area contributed by atoms with Crippen LogP contribution in [-0.4, -0.2) is 31.4 Å². The van der Waals surface area contributed by atoms with E-state index in [1.165, 1.54) is 12.1 Å². The van der Waals surface area contributed by atoms with E-state index in [2.05, 4.69) is 5.16 Å². The fourth-order valence-corrected chi connectivity index (χ4v) is 3.22. The highest BCUT2D eigenvalue weighted by molar-refractivity contribution is 7.89. The molecule has 0 radical (unpaired) electrons. The van der Waals surface area contributed by atoms with Crippen molar-refractivity contribution < 1.29 is 17.7 Å². The van der Waals surface area contributed by atoms with E-state index in [9.17, 15) is 13.2 Å². The van der Waals surface area contributed by atoms with Gasteiger partial charge in [0.15, 0.2) is 5.58 Å². The van der Waals surface area contributed by atoms with Gasteiger partial charge in [-0.3, -0.25) is 4.79 Å². The van der Waals surface area contributed by atoms with Gasteiger partial charge in [0.1, 0.15) is 5.69 Å². The minimum atomic E-state index is -3.74. The molecule has 8 heteroatoms. The molecule has 1 heterocycles. The highest BCUT2D eigenvalue weighted by Gasteiger charge is 2.20. The molecule has 2 N–H and O–H groups in total. The maximum atomic E-state index is 12.6. The second kappa shape index (κ2) is 6.89. The summed E-state index contributed by atoms with van der Waals surface area (Å²) in [4.78, 5) is 14.3. The first kappa shape index (κ1) is 18.1. The number of carbonyl (C=O) groups is 1. The van der Waals surface area contributed by atoms with Gasteiger partial charge in [-0.15, -0.1) is 0 Å². The first-order valence-electron chi connectivity index (χ1n) is 7.99. The van der Waals surface area contributed by atoms with E-state index in [1.807, 2.05) is 25.1 Å². The van der Waals surface area contributed by atoms with Gasteiger partial charge < -0.3 is 9.42 Å². The molecule has 0 aliphatic rings. The molecular formula is C18H19N3O4S. The van der Waals surface area contributed by atoms with Crippen LogP contribution in [-0.2, 0) is 21.2 Å². The van der Waals surface area contributed by atoms with Gasteiger partial charge in [-0.2, -0.15) is 0 Å². The summed E-state index contributed by atoms with van der Waals surface area (Å²) in [6, 6.07) is 13.3. The number of rotatable bonds is 5. The zero-order valence-electron chi connectivity index (χ0n) is 14.4. The number of amides is 1. The molecule has 1 aromatic heterocycles. The monoisotopic (exact) mass is 373 g/mol.